The Morgan fingerprint density at radius 3 is 1.21 bits per heavy atom. The van der Waals surface area contributed by atoms with Gasteiger partial charge in [0, 0.05) is 19.3 Å². The predicted octanol–water partition coefficient (Wildman–Crippen LogP) is 16.0. The molecule has 0 bridgehead atoms. The third-order valence-electron chi connectivity index (χ3n) is 9.84. The van der Waals surface area contributed by atoms with Gasteiger partial charge in [0.1, 0.15) is 13.2 Å². The van der Waals surface area contributed by atoms with E-state index in [9.17, 15) is 14.4 Å². The standard InChI is InChI=1S/C55H88O6/c1-4-7-10-13-16-19-22-25-27-28-31-33-36-39-42-45-48-54(57)60-51-52(50-59-53(56)47-44-41-38-35-32-29-24-21-18-15-12-9-6-3)61-55(58)49-46-43-40-37-34-30-26-23-20-17-14-11-8-5-2/h7,9-10,12,15-16,18-19,21,24-25,27,29-34,52H,4-6,8,11,13-14,17,20,22-23,26,28,35-51H2,1-3H3/b10-7-,12-9-,18-15-,19-16-,24-21-,27-25-,32-29-,33-31-,34-30-. The van der Waals surface area contributed by atoms with Gasteiger partial charge in [-0.2, -0.15) is 0 Å². The molecule has 0 amide bonds. The van der Waals surface area contributed by atoms with Crippen LogP contribution in [0.2, 0.25) is 0 Å². The molecule has 0 aliphatic rings. The first-order valence-electron chi connectivity index (χ1n) is 24.4. The number of hydrogen-bond acceptors (Lipinski definition) is 6. The molecule has 0 rings (SSSR count). The van der Waals surface area contributed by atoms with E-state index < -0.39 is 6.10 Å². The maximum Gasteiger partial charge on any atom is 0.306 e. The van der Waals surface area contributed by atoms with Gasteiger partial charge < -0.3 is 14.2 Å². The first kappa shape index (κ1) is 57.1. The molecule has 0 aromatic carbocycles. The summed E-state index contributed by atoms with van der Waals surface area (Å²) in [6.45, 7) is 6.28. The fraction of sp³-hybridized carbons (Fsp3) is 0.618. The lowest BCUT2D eigenvalue weighted by atomic mass is 10.1. The molecule has 61 heavy (non-hydrogen) atoms. The number of rotatable bonds is 42. The second kappa shape index (κ2) is 48.7. The van der Waals surface area contributed by atoms with Crippen LogP contribution >= 0.6 is 0 Å². The highest BCUT2D eigenvalue weighted by molar-refractivity contribution is 5.71. The molecule has 6 nitrogen and oxygen atoms in total. The van der Waals surface area contributed by atoms with Crippen molar-refractivity contribution in [1.82, 2.24) is 0 Å². The van der Waals surface area contributed by atoms with E-state index in [1.165, 1.54) is 44.9 Å². The zero-order chi connectivity index (χ0) is 44.4. The molecular weight excluding hydrogens is 757 g/mol. The second-order valence-electron chi connectivity index (χ2n) is 15.7. The van der Waals surface area contributed by atoms with Gasteiger partial charge in [0.2, 0.25) is 0 Å². The molecule has 344 valence electrons. The molecule has 0 saturated heterocycles. The van der Waals surface area contributed by atoms with Crippen LogP contribution in [0.1, 0.15) is 201 Å². The van der Waals surface area contributed by atoms with E-state index in [0.29, 0.717) is 12.8 Å². The third-order valence-corrected chi connectivity index (χ3v) is 9.84. The number of esters is 3. The maximum absolute atomic E-state index is 12.8. The molecule has 0 saturated carbocycles. The minimum atomic E-state index is -0.816. The van der Waals surface area contributed by atoms with E-state index in [0.717, 1.165) is 116 Å². The number of allylic oxidation sites excluding steroid dienone is 18. The summed E-state index contributed by atoms with van der Waals surface area (Å²) in [4.78, 5) is 37.9. The van der Waals surface area contributed by atoms with Gasteiger partial charge in [0.15, 0.2) is 6.10 Å². The van der Waals surface area contributed by atoms with Crippen LogP contribution in [0.25, 0.3) is 0 Å². The lowest BCUT2D eigenvalue weighted by molar-refractivity contribution is -0.167. The van der Waals surface area contributed by atoms with Gasteiger partial charge in [-0.1, -0.05) is 188 Å². The maximum atomic E-state index is 12.8. The highest BCUT2D eigenvalue weighted by Crippen LogP contribution is 2.12. The highest BCUT2D eigenvalue weighted by atomic mass is 16.6. The largest absolute Gasteiger partial charge is 0.462 e. The third kappa shape index (κ3) is 47.0. The fourth-order valence-corrected chi connectivity index (χ4v) is 6.20. The van der Waals surface area contributed by atoms with Crippen LogP contribution in [0.3, 0.4) is 0 Å². The van der Waals surface area contributed by atoms with E-state index in [1.807, 2.05) is 36.5 Å². The Hall–Kier alpha value is -3.93. The van der Waals surface area contributed by atoms with Crippen molar-refractivity contribution < 1.29 is 28.6 Å². The average molecular weight is 845 g/mol. The summed E-state index contributed by atoms with van der Waals surface area (Å²) in [6.07, 6.45) is 65.0. The van der Waals surface area contributed by atoms with Gasteiger partial charge in [-0.05, 0) is 103 Å². The van der Waals surface area contributed by atoms with E-state index >= 15 is 0 Å². The molecule has 0 aromatic rings. The van der Waals surface area contributed by atoms with Gasteiger partial charge in [-0.15, -0.1) is 0 Å². The minimum absolute atomic E-state index is 0.116. The SMILES string of the molecule is CC\C=C/C=C\C=C/C=C\CCCCCC(=O)OCC(COC(=O)CCCCC/C=C\C/C=C\C/C=C\C/C=C\CC)OC(=O)CCCCC/C=C\CCCCCCCCC. The van der Waals surface area contributed by atoms with Crippen LogP contribution < -0.4 is 0 Å². The van der Waals surface area contributed by atoms with E-state index in [2.05, 4.69) is 93.7 Å². The molecule has 0 aliphatic carbocycles. The van der Waals surface area contributed by atoms with Gasteiger partial charge >= 0.3 is 17.9 Å². The van der Waals surface area contributed by atoms with Crippen molar-refractivity contribution in [2.24, 2.45) is 0 Å². The number of hydrogen-bond donors (Lipinski definition) is 0. The Kier molecular flexibility index (Phi) is 45.6. The normalized spacial score (nSPS) is 13.0. The molecule has 0 spiro atoms. The Morgan fingerprint density at radius 1 is 0.361 bits per heavy atom. The number of unbranched alkanes of at least 4 members (excludes halogenated alkanes) is 16. The van der Waals surface area contributed by atoms with Crippen molar-refractivity contribution in [3.63, 3.8) is 0 Å². The van der Waals surface area contributed by atoms with Crippen molar-refractivity contribution in [3.05, 3.63) is 109 Å². The van der Waals surface area contributed by atoms with Gasteiger partial charge in [0.25, 0.3) is 0 Å². The predicted molar refractivity (Wildman–Crippen MR) is 260 cm³/mol. The topological polar surface area (TPSA) is 78.9 Å². The zero-order valence-corrected chi connectivity index (χ0v) is 39.1. The van der Waals surface area contributed by atoms with Crippen molar-refractivity contribution in [1.29, 1.82) is 0 Å². The molecule has 0 heterocycles. The summed E-state index contributed by atoms with van der Waals surface area (Å²) in [7, 11) is 0. The smallest absolute Gasteiger partial charge is 0.306 e. The zero-order valence-electron chi connectivity index (χ0n) is 39.1. The first-order valence-corrected chi connectivity index (χ1v) is 24.4. The molecule has 0 aromatic heterocycles. The highest BCUT2D eigenvalue weighted by Gasteiger charge is 2.19. The number of carbonyl (C=O) groups is 3. The summed E-state index contributed by atoms with van der Waals surface area (Å²) >= 11 is 0. The number of ether oxygens (including phenoxy) is 3. The summed E-state index contributed by atoms with van der Waals surface area (Å²) in [5.74, 6) is -1.01. The van der Waals surface area contributed by atoms with Crippen molar-refractivity contribution >= 4 is 17.9 Å². The van der Waals surface area contributed by atoms with Crippen LogP contribution in [0, 0.1) is 0 Å². The van der Waals surface area contributed by atoms with Crippen LogP contribution in [0.5, 0.6) is 0 Å². The lowest BCUT2D eigenvalue weighted by Gasteiger charge is -2.18. The second-order valence-corrected chi connectivity index (χ2v) is 15.7. The summed E-state index contributed by atoms with van der Waals surface area (Å²) in [6, 6.07) is 0. The quantitative estimate of drug-likeness (QED) is 0.0200. The average Bonchev–Trinajstić information content (AvgIpc) is 3.26. The Bertz CT molecular complexity index is 1290. The van der Waals surface area contributed by atoms with Crippen LogP contribution in [0.15, 0.2) is 109 Å². The van der Waals surface area contributed by atoms with E-state index in [4.69, 9.17) is 14.2 Å². The van der Waals surface area contributed by atoms with Gasteiger partial charge in [-0.25, -0.2) is 0 Å². The number of carbonyl (C=O) groups excluding carboxylic acids is 3. The molecule has 1 unspecified atom stereocenters. The van der Waals surface area contributed by atoms with Crippen LogP contribution in [0.4, 0.5) is 0 Å². The summed E-state index contributed by atoms with van der Waals surface area (Å²) in [5, 5.41) is 0. The molecule has 6 heteroatoms. The Balaban J connectivity index is 4.54. The summed E-state index contributed by atoms with van der Waals surface area (Å²) < 4.78 is 16.7. The van der Waals surface area contributed by atoms with Gasteiger partial charge in [-0.3, -0.25) is 14.4 Å². The minimum Gasteiger partial charge on any atom is -0.462 e. The van der Waals surface area contributed by atoms with Crippen molar-refractivity contribution in [2.45, 2.75) is 207 Å². The molecular formula is C55H88O6. The monoisotopic (exact) mass is 845 g/mol. The Morgan fingerprint density at radius 2 is 0.721 bits per heavy atom. The van der Waals surface area contributed by atoms with Crippen LogP contribution in [-0.2, 0) is 28.6 Å². The first-order chi connectivity index (χ1) is 30.0. The molecule has 0 aliphatic heterocycles. The van der Waals surface area contributed by atoms with Crippen LogP contribution in [-0.4, -0.2) is 37.2 Å². The van der Waals surface area contributed by atoms with Crippen molar-refractivity contribution in [3.8, 4) is 0 Å². The lowest BCUT2D eigenvalue weighted by Crippen LogP contribution is -2.30. The van der Waals surface area contributed by atoms with E-state index in [1.54, 1.807) is 0 Å². The van der Waals surface area contributed by atoms with E-state index in [-0.39, 0.29) is 37.5 Å². The molecule has 0 fully saturated rings. The van der Waals surface area contributed by atoms with Crippen molar-refractivity contribution in [2.75, 3.05) is 13.2 Å². The molecule has 0 radical (unpaired) electrons. The Labute approximate surface area is 374 Å². The fourth-order valence-electron chi connectivity index (χ4n) is 6.20. The molecule has 1 atom stereocenters. The van der Waals surface area contributed by atoms with Gasteiger partial charge in [0.05, 0.1) is 0 Å². The summed E-state index contributed by atoms with van der Waals surface area (Å²) in [5.41, 5.74) is 0. The molecule has 0 N–H and O–H groups in total.